The molecule has 7 heteroatoms. The Morgan fingerprint density at radius 1 is 1.48 bits per heavy atom. The van der Waals surface area contributed by atoms with Crippen LogP contribution in [0.25, 0.3) is 0 Å². The fourth-order valence-electron chi connectivity index (χ4n) is 3.03. The summed E-state index contributed by atoms with van der Waals surface area (Å²) in [4.78, 5) is 18.6. The number of nitrogens with one attached hydrogen (secondary N) is 1. The number of esters is 1. The molecule has 0 bridgehead atoms. The lowest BCUT2D eigenvalue weighted by atomic mass is 9.99. The van der Waals surface area contributed by atoms with Gasteiger partial charge in [0.15, 0.2) is 5.96 Å². The third-order valence-corrected chi connectivity index (χ3v) is 4.76. The van der Waals surface area contributed by atoms with E-state index in [0.29, 0.717) is 24.5 Å². The van der Waals surface area contributed by atoms with E-state index >= 15 is 0 Å². The quantitative estimate of drug-likeness (QED) is 0.492. The molecule has 138 valence electrons. The molecule has 1 saturated heterocycles. The number of carbonyl (C=O) groups excluding carboxylic acids is 1. The minimum atomic E-state index is -0.342. The highest BCUT2D eigenvalue weighted by molar-refractivity contribution is 6.31. The van der Waals surface area contributed by atoms with Gasteiger partial charge in [0.1, 0.15) is 5.82 Å². The molecular formula is C18H25ClFN3O2. The van der Waals surface area contributed by atoms with Gasteiger partial charge in [0.05, 0.1) is 13.0 Å². The highest BCUT2D eigenvalue weighted by atomic mass is 35.5. The molecule has 5 nitrogen and oxygen atoms in total. The number of benzene rings is 1. The predicted molar refractivity (Wildman–Crippen MR) is 97.3 cm³/mol. The molecule has 2 atom stereocenters. The SMILES string of the molecule is CCNC(=NCCc1ccc(F)cc1Cl)N1CC(C)C(C(=O)OC)C1. The Balaban J connectivity index is 2.02. The minimum absolute atomic E-state index is 0.139. The second-order valence-electron chi connectivity index (χ2n) is 6.23. The zero-order valence-electron chi connectivity index (χ0n) is 14.9. The van der Waals surface area contributed by atoms with Crippen molar-refractivity contribution < 1.29 is 13.9 Å². The molecule has 1 heterocycles. The van der Waals surface area contributed by atoms with E-state index in [0.717, 1.165) is 24.6 Å². The highest BCUT2D eigenvalue weighted by Crippen LogP contribution is 2.24. The summed E-state index contributed by atoms with van der Waals surface area (Å²) >= 11 is 6.06. The lowest BCUT2D eigenvalue weighted by Gasteiger charge is -2.21. The van der Waals surface area contributed by atoms with E-state index in [1.54, 1.807) is 6.07 Å². The number of halogens is 2. The minimum Gasteiger partial charge on any atom is -0.469 e. The van der Waals surface area contributed by atoms with Crippen LogP contribution in [0, 0.1) is 17.7 Å². The number of rotatable bonds is 5. The summed E-state index contributed by atoms with van der Waals surface area (Å²) in [5.41, 5.74) is 0.866. The number of methoxy groups -OCH3 is 1. The molecule has 1 N–H and O–H groups in total. The van der Waals surface area contributed by atoms with Crippen molar-refractivity contribution in [1.29, 1.82) is 0 Å². The van der Waals surface area contributed by atoms with Gasteiger partial charge in [-0.05, 0) is 37.0 Å². The van der Waals surface area contributed by atoms with Crippen LogP contribution in [-0.2, 0) is 16.0 Å². The van der Waals surface area contributed by atoms with Gasteiger partial charge in [0.25, 0.3) is 0 Å². The summed E-state index contributed by atoms with van der Waals surface area (Å²) < 4.78 is 18.0. The molecule has 0 spiro atoms. The van der Waals surface area contributed by atoms with Gasteiger partial charge in [-0.25, -0.2) is 4.39 Å². The van der Waals surface area contributed by atoms with Crippen LogP contribution in [0.15, 0.2) is 23.2 Å². The van der Waals surface area contributed by atoms with Crippen LogP contribution in [0.3, 0.4) is 0 Å². The van der Waals surface area contributed by atoms with Gasteiger partial charge >= 0.3 is 5.97 Å². The van der Waals surface area contributed by atoms with Gasteiger partial charge in [0.2, 0.25) is 0 Å². The third kappa shape index (κ3) is 5.08. The number of carbonyl (C=O) groups is 1. The molecule has 1 aliphatic heterocycles. The Morgan fingerprint density at radius 3 is 2.88 bits per heavy atom. The van der Waals surface area contributed by atoms with Crippen LogP contribution < -0.4 is 5.32 Å². The van der Waals surface area contributed by atoms with Crippen LogP contribution >= 0.6 is 11.6 Å². The zero-order chi connectivity index (χ0) is 18.4. The van der Waals surface area contributed by atoms with Crippen molar-refractivity contribution in [3.8, 4) is 0 Å². The van der Waals surface area contributed by atoms with E-state index in [1.165, 1.54) is 19.2 Å². The standard InChI is InChI=1S/C18H25ClFN3O2/c1-4-21-18(23-10-12(2)15(11-23)17(24)25-3)22-8-7-13-5-6-14(20)9-16(13)19/h5-6,9,12,15H,4,7-8,10-11H2,1-3H3,(H,21,22). The second-order valence-corrected chi connectivity index (χ2v) is 6.64. The fourth-order valence-corrected chi connectivity index (χ4v) is 3.29. The largest absolute Gasteiger partial charge is 0.469 e. The van der Waals surface area contributed by atoms with Crippen molar-refractivity contribution in [3.63, 3.8) is 0 Å². The number of guanidine groups is 1. The van der Waals surface area contributed by atoms with Crippen molar-refractivity contribution in [2.24, 2.45) is 16.8 Å². The van der Waals surface area contributed by atoms with Gasteiger partial charge in [-0.1, -0.05) is 24.6 Å². The molecule has 0 aliphatic carbocycles. The Morgan fingerprint density at radius 2 is 2.24 bits per heavy atom. The molecule has 0 aromatic heterocycles. The van der Waals surface area contributed by atoms with E-state index in [9.17, 15) is 9.18 Å². The smallest absolute Gasteiger partial charge is 0.310 e. The number of likely N-dealkylation sites (tertiary alicyclic amines) is 1. The van der Waals surface area contributed by atoms with Crippen LogP contribution in [0.2, 0.25) is 5.02 Å². The number of ether oxygens (including phenoxy) is 1. The van der Waals surface area contributed by atoms with Gasteiger partial charge in [-0.15, -0.1) is 0 Å². The molecule has 1 aromatic rings. The first kappa shape index (κ1) is 19.5. The van der Waals surface area contributed by atoms with Crippen LogP contribution in [0.1, 0.15) is 19.4 Å². The number of hydrogen-bond donors (Lipinski definition) is 1. The molecule has 0 radical (unpaired) electrons. The third-order valence-electron chi connectivity index (χ3n) is 4.41. The summed E-state index contributed by atoms with van der Waals surface area (Å²) in [7, 11) is 1.42. The topological polar surface area (TPSA) is 53.9 Å². The van der Waals surface area contributed by atoms with Gasteiger partial charge in [-0.3, -0.25) is 9.79 Å². The van der Waals surface area contributed by atoms with Crippen molar-refractivity contribution in [1.82, 2.24) is 10.2 Å². The Kier molecular flexibility index (Phi) is 7.05. The van der Waals surface area contributed by atoms with E-state index in [1.807, 2.05) is 13.8 Å². The van der Waals surface area contributed by atoms with Crippen molar-refractivity contribution in [2.45, 2.75) is 20.3 Å². The predicted octanol–water partition coefficient (Wildman–Crippen LogP) is 2.73. The average molecular weight is 370 g/mol. The normalized spacial score (nSPS) is 20.7. The van der Waals surface area contributed by atoms with E-state index < -0.39 is 0 Å². The first-order valence-electron chi connectivity index (χ1n) is 8.51. The lowest BCUT2D eigenvalue weighted by Crippen LogP contribution is -2.40. The second kappa shape index (κ2) is 9.04. The van der Waals surface area contributed by atoms with Gasteiger partial charge in [0, 0.05) is 31.2 Å². The molecule has 1 aromatic carbocycles. The molecule has 2 rings (SSSR count). The Labute approximate surface area is 153 Å². The number of aliphatic imine (C=N–C) groups is 1. The summed E-state index contributed by atoms with van der Waals surface area (Å²) in [5.74, 6) is 0.330. The summed E-state index contributed by atoms with van der Waals surface area (Å²) in [5, 5.41) is 3.68. The van der Waals surface area contributed by atoms with Crippen LogP contribution in [0.4, 0.5) is 4.39 Å². The highest BCUT2D eigenvalue weighted by Gasteiger charge is 2.36. The first-order valence-corrected chi connectivity index (χ1v) is 8.89. The Hall–Kier alpha value is -1.82. The Bertz CT molecular complexity index is 639. The number of nitrogens with zero attached hydrogens (tertiary/aromatic N) is 2. The van der Waals surface area contributed by atoms with E-state index in [2.05, 4.69) is 15.2 Å². The lowest BCUT2D eigenvalue weighted by molar-refractivity contribution is -0.145. The van der Waals surface area contributed by atoms with E-state index in [4.69, 9.17) is 16.3 Å². The maximum Gasteiger partial charge on any atom is 0.310 e. The van der Waals surface area contributed by atoms with Crippen molar-refractivity contribution in [2.75, 3.05) is 33.3 Å². The molecule has 0 saturated carbocycles. The van der Waals surface area contributed by atoms with Crippen LogP contribution in [0.5, 0.6) is 0 Å². The molecule has 1 aliphatic rings. The molecule has 0 amide bonds. The van der Waals surface area contributed by atoms with Gasteiger partial charge < -0.3 is 15.0 Å². The molecular weight excluding hydrogens is 345 g/mol. The maximum absolute atomic E-state index is 13.1. The monoisotopic (exact) mass is 369 g/mol. The summed E-state index contributed by atoms with van der Waals surface area (Å²) in [6.07, 6.45) is 0.623. The average Bonchev–Trinajstić information content (AvgIpc) is 2.97. The van der Waals surface area contributed by atoms with Gasteiger partial charge in [-0.2, -0.15) is 0 Å². The summed E-state index contributed by atoms with van der Waals surface area (Å²) in [6, 6.07) is 4.40. The number of hydrogen-bond acceptors (Lipinski definition) is 3. The first-order chi connectivity index (χ1) is 12.0. The van der Waals surface area contributed by atoms with Crippen molar-refractivity contribution >= 4 is 23.5 Å². The van der Waals surface area contributed by atoms with Crippen LogP contribution in [-0.4, -0.2) is 50.1 Å². The zero-order valence-corrected chi connectivity index (χ0v) is 15.6. The fraction of sp³-hybridized carbons (Fsp3) is 0.556. The maximum atomic E-state index is 13.1. The molecule has 25 heavy (non-hydrogen) atoms. The molecule has 2 unspecified atom stereocenters. The van der Waals surface area contributed by atoms with E-state index in [-0.39, 0.29) is 23.6 Å². The van der Waals surface area contributed by atoms with Crippen molar-refractivity contribution in [3.05, 3.63) is 34.6 Å². The molecule has 1 fully saturated rings. The summed E-state index contributed by atoms with van der Waals surface area (Å²) in [6.45, 7) is 6.67.